The predicted octanol–water partition coefficient (Wildman–Crippen LogP) is 2.16. The number of hydrogen-bond donors (Lipinski definition) is 6. The minimum Gasteiger partial charge on any atom is -0.693 e. The third-order valence-corrected chi connectivity index (χ3v) is 4.77. The Hall–Kier alpha value is -0.00195. The van der Waals surface area contributed by atoms with Crippen molar-refractivity contribution in [3.8, 4) is 0 Å². The van der Waals surface area contributed by atoms with Crippen molar-refractivity contribution >= 4 is 17.9 Å². The molecule has 0 saturated carbocycles. The molecule has 0 aromatic rings. The van der Waals surface area contributed by atoms with Crippen LogP contribution in [0.3, 0.4) is 0 Å². The van der Waals surface area contributed by atoms with Crippen LogP contribution in [0.4, 0.5) is 0 Å². The summed E-state index contributed by atoms with van der Waals surface area (Å²) in [4.78, 5) is 33.3. The van der Waals surface area contributed by atoms with Gasteiger partial charge < -0.3 is 66.3 Å². The van der Waals surface area contributed by atoms with Crippen molar-refractivity contribution in [3.05, 3.63) is 35.7 Å². The van der Waals surface area contributed by atoms with Gasteiger partial charge in [0.2, 0.25) is 0 Å². The Labute approximate surface area is 232 Å². The van der Waals surface area contributed by atoms with Crippen LogP contribution in [-0.4, -0.2) is 86.5 Å². The van der Waals surface area contributed by atoms with E-state index in [0.717, 1.165) is 0 Å². The second-order valence-corrected chi connectivity index (χ2v) is 6.71. The molecule has 3 unspecified atom stereocenters. The number of nitrogens with two attached hydrogens (primary N) is 3. The molecule has 18 heteroatoms. The first-order valence-corrected chi connectivity index (χ1v) is 8.02. The normalized spacial score (nSPS) is 14.4. The van der Waals surface area contributed by atoms with E-state index in [1.807, 2.05) is 0 Å². The van der Waals surface area contributed by atoms with Crippen LogP contribution in [0.5, 0.6) is 0 Å². The van der Waals surface area contributed by atoms with Crippen LogP contribution in [-0.2, 0) is 74.7 Å². The summed E-state index contributed by atoms with van der Waals surface area (Å²) in [6.07, 6.45) is -3.42. The van der Waals surface area contributed by atoms with E-state index >= 15 is 0 Å². The fraction of sp³-hybridized carbons (Fsp3) is 0.800. The summed E-state index contributed by atoms with van der Waals surface area (Å²) in [5.41, 5.74) is 20.7. The van der Waals surface area contributed by atoms with Gasteiger partial charge in [0.25, 0.3) is 0 Å². The van der Waals surface area contributed by atoms with E-state index in [4.69, 9.17) is 32.5 Å². The van der Waals surface area contributed by atoms with Crippen molar-refractivity contribution < 1.29 is 105 Å². The zero-order valence-electron chi connectivity index (χ0n) is 17.3. The number of carboxylic acid groups (broad SMARTS) is 3. The number of aliphatic hydroxyl groups excluding tert-OH is 3. The second-order valence-electron chi connectivity index (χ2n) is 6.71. The van der Waals surface area contributed by atoms with Gasteiger partial charge in [0.15, 0.2) is 0 Å². The summed E-state index contributed by atoms with van der Waals surface area (Å²) >= 11 is 0. The minimum absolute atomic E-state index is 0. The second kappa shape index (κ2) is 22.5. The molecule has 0 spiro atoms. The molecule has 209 valence electrons. The minimum atomic E-state index is -2.16. The molecular formula is C15H32Ir3N6O9-6. The van der Waals surface area contributed by atoms with E-state index in [1.165, 1.54) is 0 Å². The van der Waals surface area contributed by atoms with Crippen molar-refractivity contribution in [2.24, 2.45) is 10.8 Å². The topological polar surface area (TPSA) is 344 Å². The third kappa shape index (κ3) is 14.2. The molecule has 0 fully saturated rings. The molecule has 0 rings (SSSR count). The Kier molecular flexibility index (Phi) is 34.0. The number of aliphatic hydroxyl groups is 3. The SMILES string of the molecule is [Ir].[Ir].[Ir].[NH-]C(CC(=O)O)C(CC(CO)(CO)CO)(C([NH-])CC(=O)O)C([NH-])CC(=O)O.[NH2-].[NH2-].[NH2-]. The molecule has 15 N–H and O–H groups in total. The molecule has 15 nitrogen and oxygen atoms in total. The number of carbonyl (C=O) groups is 3. The molecule has 3 atom stereocenters. The van der Waals surface area contributed by atoms with E-state index in [9.17, 15) is 29.7 Å². The number of aliphatic carboxylic acids is 3. The van der Waals surface area contributed by atoms with Gasteiger partial charge >= 0.3 is 17.9 Å². The van der Waals surface area contributed by atoms with Gasteiger partial charge in [-0.2, -0.15) is 0 Å². The van der Waals surface area contributed by atoms with Gasteiger partial charge in [-0.1, -0.05) is 5.41 Å². The zero-order valence-corrected chi connectivity index (χ0v) is 24.5. The van der Waals surface area contributed by atoms with Crippen LogP contribution in [0.1, 0.15) is 25.7 Å². The first kappa shape index (κ1) is 50.0. The van der Waals surface area contributed by atoms with E-state index < -0.39 is 92.4 Å². The monoisotopic (exact) mass is 1020 g/mol. The average Bonchev–Trinajstić information content (AvgIpc) is 2.54. The van der Waals surface area contributed by atoms with Crippen LogP contribution in [0.2, 0.25) is 0 Å². The van der Waals surface area contributed by atoms with E-state index in [-0.39, 0.29) is 78.8 Å². The maximum atomic E-state index is 11.1. The van der Waals surface area contributed by atoms with Crippen molar-refractivity contribution in [3.63, 3.8) is 0 Å². The summed E-state index contributed by atoms with van der Waals surface area (Å²) in [6.45, 7) is -2.58. The van der Waals surface area contributed by atoms with Crippen LogP contribution in [0.25, 0.3) is 35.7 Å². The van der Waals surface area contributed by atoms with E-state index in [2.05, 4.69) is 0 Å². The fourth-order valence-corrected chi connectivity index (χ4v) is 3.16. The van der Waals surface area contributed by atoms with Gasteiger partial charge in [-0.05, 0) is 6.42 Å². The molecule has 0 aromatic carbocycles. The molecule has 3 radical (unpaired) electrons. The summed E-state index contributed by atoms with van der Waals surface area (Å²) < 4.78 is 0. The van der Waals surface area contributed by atoms with Gasteiger partial charge in [-0.15, -0.1) is 18.1 Å². The molecule has 0 saturated heterocycles. The standard InChI is InChI=1S/C15H26N3O9.3Ir.3H2N/c16-8(1-11(22)23)15(9(17)2-12(24)25,10(18)3-13(26)27)4-14(5-19,6-20)7-21;;;;;;/h8-10,16-21H,1-7H2,(H,22,23)(H,24,25)(H,26,27);;;;3*1H2/q-3;;;;3*-1. The molecule has 0 aliphatic rings. The Balaban J connectivity index is -0.000000225. The number of nitrogens with one attached hydrogen (secondary N) is 3. The van der Waals surface area contributed by atoms with Crippen LogP contribution in [0, 0.1) is 10.8 Å². The Morgan fingerprint density at radius 3 is 0.970 bits per heavy atom. The zero-order chi connectivity index (χ0) is 21.4. The van der Waals surface area contributed by atoms with Gasteiger partial charge in [0.05, 0.1) is 19.8 Å². The van der Waals surface area contributed by atoms with Gasteiger partial charge in [-0.25, -0.2) is 0 Å². The molecule has 0 aliphatic carbocycles. The first-order chi connectivity index (χ1) is 12.4. The van der Waals surface area contributed by atoms with Crippen LogP contribution >= 0.6 is 0 Å². The summed E-state index contributed by atoms with van der Waals surface area (Å²) in [5, 5.41) is 55.8. The molecule has 33 heavy (non-hydrogen) atoms. The maximum absolute atomic E-state index is 11.1. The smallest absolute Gasteiger partial charge is 0.301 e. The molecule has 0 amide bonds. The van der Waals surface area contributed by atoms with E-state index in [1.54, 1.807) is 0 Å². The third-order valence-electron chi connectivity index (χ3n) is 4.77. The summed E-state index contributed by atoms with van der Waals surface area (Å²) in [6, 6.07) is -5.37. The Morgan fingerprint density at radius 1 is 0.606 bits per heavy atom. The molecule has 0 heterocycles. The largest absolute Gasteiger partial charge is 0.693 e. The van der Waals surface area contributed by atoms with Gasteiger partial charge in [0, 0.05) is 85.0 Å². The van der Waals surface area contributed by atoms with Gasteiger partial charge in [-0.3, -0.25) is 14.4 Å². The van der Waals surface area contributed by atoms with Crippen molar-refractivity contribution in [2.75, 3.05) is 19.8 Å². The molecule has 0 bridgehead atoms. The predicted molar refractivity (Wildman–Crippen MR) is 108 cm³/mol. The first-order valence-electron chi connectivity index (χ1n) is 8.02. The Morgan fingerprint density at radius 2 is 0.818 bits per heavy atom. The summed E-state index contributed by atoms with van der Waals surface area (Å²) in [7, 11) is 0. The van der Waals surface area contributed by atoms with E-state index in [0.29, 0.717) is 0 Å². The Bertz CT molecular complexity index is 484. The van der Waals surface area contributed by atoms with Crippen LogP contribution in [0.15, 0.2) is 0 Å². The summed E-state index contributed by atoms with van der Waals surface area (Å²) in [5.74, 6) is -4.44. The van der Waals surface area contributed by atoms with Crippen molar-refractivity contribution in [2.45, 2.75) is 43.8 Å². The van der Waals surface area contributed by atoms with Gasteiger partial charge in [0.1, 0.15) is 0 Å². The molecular weight excluding hydrogens is 985 g/mol. The number of carboxylic acids is 3. The quantitative estimate of drug-likeness (QED) is 0.148. The van der Waals surface area contributed by atoms with Crippen molar-refractivity contribution in [1.82, 2.24) is 0 Å². The van der Waals surface area contributed by atoms with Crippen LogP contribution < -0.4 is 0 Å². The average molecular weight is 1020 g/mol. The van der Waals surface area contributed by atoms with Crippen molar-refractivity contribution in [1.29, 1.82) is 0 Å². The number of hydrogen-bond acceptors (Lipinski definition) is 6. The molecule has 0 aliphatic heterocycles. The fourth-order valence-electron chi connectivity index (χ4n) is 3.16. The maximum Gasteiger partial charge on any atom is 0.301 e. The molecule has 0 aromatic heterocycles. The number of rotatable bonds is 14.